The lowest BCUT2D eigenvalue weighted by Gasteiger charge is -2.33. The number of likely N-dealkylation sites (tertiary alicyclic amines) is 1. The van der Waals surface area contributed by atoms with Crippen molar-refractivity contribution in [2.24, 2.45) is 0 Å². The van der Waals surface area contributed by atoms with Crippen molar-refractivity contribution in [3.63, 3.8) is 0 Å². The van der Waals surface area contributed by atoms with Gasteiger partial charge in [0.15, 0.2) is 11.5 Å². The number of piperidine rings is 1. The van der Waals surface area contributed by atoms with Gasteiger partial charge in [0, 0.05) is 36.6 Å². The molecule has 0 spiro atoms. The number of fused-ring (bicyclic) bond motifs is 1. The van der Waals surface area contributed by atoms with Crippen LogP contribution in [0.5, 0.6) is 11.5 Å². The average Bonchev–Trinajstić information content (AvgIpc) is 3.25. The zero-order valence-corrected chi connectivity index (χ0v) is 21.7. The van der Waals surface area contributed by atoms with Crippen LogP contribution in [0, 0.1) is 5.82 Å². The van der Waals surface area contributed by atoms with E-state index in [1.54, 1.807) is 27.3 Å². The number of halogens is 1. The lowest BCUT2D eigenvalue weighted by molar-refractivity contribution is 0.141. The number of nitrogens with zero attached hydrogens (tertiary/aromatic N) is 2. The zero-order valence-electron chi connectivity index (χ0n) is 21.7. The summed E-state index contributed by atoms with van der Waals surface area (Å²) in [4.78, 5) is 18.1. The van der Waals surface area contributed by atoms with Crippen LogP contribution in [0.2, 0.25) is 0 Å². The summed E-state index contributed by atoms with van der Waals surface area (Å²) in [5.74, 6) is 1.51. The fourth-order valence-electron chi connectivity index (χ4n) is 5.24. The molecular weight excluding hydrogens is 461 g/mol. The predicted molar refractivity (Wildman–Crippen MR) is 140 cm³/mol. The van der Waals surface area contributed by atoms with Crippen molar-refractivity contribution in [2.75, 3.05) is 47.4 Å². The van der Waals surface area contributed by atoms with Crippen LogP contribution in [0.15, 0.2) is 30.3 Å². The van der Waals surface area contributed by atoms with E-state index in [-0.39, 0.29) is 17.7 Å². The number of aromatic nitrogens is 1. The summed E-state index contributed by atoms with van der Waals surface area (Å²) in [6, 6.07) is 9.50. The first-order valence-electron chi connectivity index (χ1n) is 12.5. The highest BCUT2D eigenvalue weighted by Gasteiger charge is 2.26. The number of ether oxygens (including phenoxy) is 2. The molecule has 2 heterocycles. The molecule has 0 saturated carbocycles. The minimum atomic E-state index is -0.917. The smallest absolute Gasteiger partial charge is 0.407 e. The largest absolute Gasteiger partial charge is 0.493 e. The lowest BCUT2D eigenvalue weighted by Crippen LogP contribution is -2.39. The van der Waals surface area contributed by atoms with Crippen LogP contribution >= 0.6 is 0 Å². The topological polar surface area (TPSA) is 78.0 Å². The fourth-order valence-corrected chi connectivity index (χ4v) is 5.24. The molecule has 1 saturated heterocycles. The summed E-state index contributed by atoms with van der Waals surface area (Å²) in [7, 11) is 4.82. The van der Waals surface area contributed by atoms with Crippen LogP contribution < -0.4 is 9.47 Å². The zero-order chi connectivity index (χ0) is 26.0. The molecule has 1 aliphatic rings. The minimum absolute atomic E-state index is 0.141. The monoisotopic (exact) mass is 497 g/mol. The van der Waals surface area contributed by atoms with Crippen molar-refractivity contribution in [1.82, 2.24) is 14.8 Å². The van der Waals surface area contributed by atoms with Gasteiger partial charge in [0.05, 0.1) is 19.9 Å². The van der Waals surface area contributed by atoms with Crippen molar-refractivity contribution >= 4 is 17.0 Å². The first kappa shape index (κ1) is 25.8. The van der Waals surface area contributed by atoms with E-state index in [4.69, 9.17) is 14.6 Å². The van der Waals surface area contributed by atoms with Gasteiger partial charge in [-0.15, -0.1) is 0 Å². The van der Waals surface area contributed by atoms with Gasteiger partial charge in [-0.25, -0.2) is 9.18 Å². The highest BCUT2D eigenvalue weighted by molar-refractivity contribution is 5.92. The number of hydrogen-bond acceptors (Lipinski definition) is 4. The number of carbonyl (C=O) groups is 1. The Hall–Kier alpha value is -3.26. The normalized spacial score (nSPS) is 15.0. The molecule has 194 valence electrons. The molecule has 36 heavy (non-hydrogen) atoms. The van der Waals surface area contributed by atoms with E-state index in [0.717, 1.165) is 59.2 Å². The second kappa shape index (κ2) is 10.8. The molecule has 1 aliphatic heterocycles. The van der Waals surface area contributed by atoms with Crippen LogP contribution in [-0.2, 0) is 0 Å². The molecule has 1 amide bonds. The number of carboxylic acid groups (broad SMARTS) is 1. The second-order valence-electron chi connectivity index (χ2n) is 9.88. The van der Waals surface area contributed by atoms with Crippen molar-refractivity contribution < 1.29 is 23.8 Å². The second-order valence-corrected chi connectivity index (χ2v) is 9.88. The molecule has 1 fully saturated rings. The molecule has 8 heteroatoms. The number of likely N-dealkylation sites (N-methyl/N-ethyl adjacent to an activating group) is 1. The third-order valence-electron chi connectivity index (χ3n) is 7.31. The Morgan fingerprint density at radius 2 is 1.86 bits per heavy atom. The number of methoxy groups -OCH3 is 2. The van der Waals surface area contributed by atoms with Crippen LogP contribution in [0.3, 0.4) is 0 Å². The van der Waals surface area contributed by atoms with E-state index in [1.807, 2.05) is 24.3 Å². The number of rotatable bonds is 8. The molecule has 4 rings (SSSR count). The number of nitrogens with one attached hydrogen (secondary N) is 1. The van der Waals surface area contributed by atoms with Gasteiger partial charge in [-0.3, -0.25) is 0 Å². The predicted octanol–water partition coefficient (Wildman–Crippen LogP) is 5.90. The van der Waals surface area contributed by atoms with Gasteiger partial charge in [0.2, 0.25) is 0 Å². The molecule has 0 radical (unpaired) electrons. The molecule has 7 nitrogen and oxygen atoms in total. The third-order valence-corrected chi connectivity index (χ3v) is 7.31. The van der Waals surface area contributed by atoms with Crippen LogP contribution in [-0.4, -0.2) is 73.4 Å². The van der Waals surface area contributed by atoms with Crippen LogP contribution in [0.1, 0.15) is 49.7 Å². The quantitative estimate of drug-likeness (QED) is 0.405. The van der Waals surface area contributed by atoms with Gasteiger partial charge in [0.1, 0.15) is 5.82 Å². The van der Waals surface area contributed by atoms with E-state index in [0.29, 0.717) is 24.6 Å². The van der Waals surface area contributed by atoms with Crippen molar-refractivity contribution in [3.8, 4) is 22.8 Å². The standard InChI is InChI=1S/C28H36FN3O4/c1-17(2)26-21-15-20(18-8-10-32(11-9-18)13-12-31(3)28(33)34)22(29)16-23(21)30-27(26)19-6-7-24(35-4)25(14-19)36-5/h6-7,14-18,30H,8-13H2,1-5H3,(H,33,34). The molecule has 3 aromatic rings. The molecule has 0 aliphatic carbocycles. The van der Waals surface area contributed by atoms with Gasteiger partial charge < -0.3 is 29.4 Å². The van der Waals surface area contributed by atoms with Crippen molar-refractivity contribution in [3.05, 3.63) is 47.3 Å². The van der Waals surface area contributed by atoms with Crippen LogP contribution in [0.25, 0.3) is 22.2 Å². The van der Waals surface area contributed by atoms with Crippen molar-refractivity contribution in [1.29, 1.82) is 0 Å². The molecule has 0 bridgehead atoms. The van der Waals surface area contributed by atoms with E-state index in [9.17, 15) is 4.79 Å². The number of H-pyrrole nitrogens is 1. The van der Waals surface area contributed by atoms with Gasteiger partial charge >= 0.3 is 6.09 Å². The first-order chi connectivity index (χ1) is 17.2. The number of benzene rings is 2. The molecule has 2 N–H and O–H groups in total. The van der Waals surface area contributed by atoms with E-state index in [1.165, 1.54) is 4.90 Å². The Morgan fingerprint density at radius 3 is 2.47 bits per heavy atom. The molecular formula is C28H36FN3O4. The summed E-state index contributed by atoms with van der Waals surface area (Å²) in [5, 5.41) is 10.1. The van der Waals surface area contributed by atoms with Gasteiger partial charge in [-0.1, -0.05) is 13.8 Å². The Bertz CT molecular complexity index is 1230. The summed E-state index contributed by atoms with van der Waals surface area (Å²) in [5.41, 5.74) is 4.65. The highest BCUT2D eigenvalue weighted by Crippen LogP contribution is 2.41. The van der Waals surface area contributed by atoms with Gasteiger partial charge in [-0.05, 0) is 79.2 Å². The summed E-state index contributed by atoms with van der Waals surface area (Å²) in [6.45, 7) is 7.14. The summed E-state index contributed by atoms with van der Waals surface area (Å²) >= 11 is 0. The SMILES string of the molecule is COc1ccc(-c2[nH]c3cc(F)c(C4CCN(CCN(C)C(=O)O)CC4)cc3c2C(C)C)cc1OC. The first-order valence-corrected chi connectivity index (χ1v) is 12.5. The van der Waals surface area contributed by atoms with Gasteiger partial charge in [0.25, 0.3) is 0 Å². The minimum Gasteiger partial charge on any atom is -0.493 e. The van der Waals surface area contributed by atoms with E-state index >= 15 is 4.39 Å². The fraction of sp³-hybridized carbons (Fsp3) is 0.464. The Balaban J connectivity index is 1.62. The summed E-state index contributed by atoms with van der Waals surface area (Å²) < 4.78 is 26.3. The number of aromatic amines is 1. The lowest BCUT2D eigenvalue weighted by atomic mass is 9.87. The highest BCUT2D eigenvalue weighted by atomic mass is 19.1. The average molecular weight is 498 g/mol. The maximum absolute atomic E-state index is 15.4. The Labute approximate surface area is 211 Å². The molecule has 1 aromatic heterocycles. The molecule has 2 aromatic carbocycles. The van der Waals surface area contributed by atoms with Crippen LogP contribution in [0.4, 0.5) is 9.18 Å². The Morgan fingerprint density at radius 1 is 1.17 bits per heavy atom. The molecule has 0 atom stereocenters. The maximum atomic E-state index is 15.4. The maximum Gasteiger partial charge on any atom is 0.407 e. The Kier molecular flexibility index (Phi) is 7.73. The van der Waals surface area contributed by atoms with Gasteiger partial charge in [-0.2, -0.15) is 0 Å². The van der Waals surface area contributed by atoms with Crippen molar-refractivity contribution in [2.45, 2.75) is 38.5 Å². The number of amides is 1. The van der Waals surface area contributed by atoms with E-state index < -0.39 is 6.09 Å². The summed E-state index contributed by atoms with van der Waals surface area (Å²) in [6.07, 6.45) is 0.784. The van der Waals surface area contributed by atoms with E-state index in [2.05, 4.69) is 23.7 Å². The third kappa shape index (κ3) is 5.14. The molecule has 0 unspecified atom stereocenters. The number of hydrogen-bond donors (Lipinski definition) is 2.